The van der Waals surface area contributed by atoms with E-state index in [0.717, 1.165) is 0 Å². The van der Waals surface area contributed by atoms with Gasteiger partial charge in [0.25, 0.3) is 0 Å². The lowest BCUT2D eigenvalue weighted by molar-refractivity contribution is -0.209. The first-order valence-electron chi connectivity index (χ1n) is 11.8. The predicted molar refractivity (Wildman–Crippen MR) is 124 cm³/mol. The molecule has 0 unspecified atom stereocenters. The van der Waals surface area contributed by atoms with Gasteiger partial charge in [0.15, 0.2) is 0 Å². The molecule has 9 nitrogen and oxygen atoms in total. The molecule has 0 radical (unpaired) electrons. The van der Waals surface area contributed by atoms with Gasteiger partial charge in [0.05, 0.1) is 6.10 Å². The zero-order chi connectivity index (χ0) is 25.5. The molecule has 0 saturated heterocycles. The maximum absolute atomic E-state index is 13.0. The molecule has 1 aliphatic heterocycles. The number of carbonyl (C=O) groups is 2. The summed E-state index contributed by atoms with van der Waals surface area (Å²) in [5.41, 5.74) is -2.08. The van der Waals surface area contributed by atoms with E-state index in [1.165, 1.54) is 13.8 Å². The molecule has 2 aromatic heterocycles. The van der Waals surface area contributed by atoms with E-state index in [4.69, 9.17) is 18.6 Å². The fourth-order valence-electron chi connectivity index (χ4n) is 5.51. The number of ether oxygens (including phenoxy) is 3. The summed E-state index contributed by atoms with van der Waals surface area (Å²) in [4.78, 5) is 41.0. The van der Waals surface area contributed by atoms with Crippen LogP contribution in [0.4, 0.5) is 0 Å². The third-order valence-electron chi connectivity index (χ3n) is 7.57. The fraction of sp³-hybridized carbons (Fsp3) is 0.538. The Morgan fingerprint density at radius 1 is 1.29 bits per heavy atom. The Hall–Kier alpha value is -3.20. The van der Waals surface area contributed by atoms with E-state index in [1.54, 1.807) is 37.5 Å². The van der Waals surface area contributed by atoms with Crippen molar-refractivity contribution in [2.24, 2.45) is 11.8 Å². The zero-order valence-electron chi connectivity index (χ0n) is 20.6. The van der Waals surface area contributed by atoms with Crippen molar-refractivity contribution < 1.29 is 33.3 Å². The van der Waals surface area contributed by atoms with E-state index in [1.807, 2.05) is 13.8 Å². The maximum Gasteiger partial charge on any atom is 0.345 e. The molecule has 1 aliphatic carbocycles. The van der Waals surface area contributed by atoms with Crippen molar-refractivity contribution in [2.45, 2.75) is 77.3 Å². The lowest BCUT2D eigenvalue weighted by atomic mass is 9.61. The van der Waals surface area contributed by atoms with Crippen LogP contribution in [0, 0.1) is 11.8 Å². The first kappa shape index (κ1) is 24.9. The van der Waals surface area contributed by atoms with E-state index in [9.17, 15) is 19.5 Å². The van der Waals surface area contributed by atoms with Gasteiger partial charge in [-0.05, 0) is 45.2 Å². The van der Waals surface area contributed by atoms with Crippen LogP contribution in [-0.2, 0) is 19.1 Å². The van der Waals surface area contributed by atoms with E-state index >= 15 is 0 Å². The summed E-state index contributed by atoms with van der Waals surface area (Å²) in [6, 6.07) is 5.02. The van der Waals surface area contributed by atoms with Gasteiger partial charge >= 0.3 is 17.6 Å². The highest BCUT2D eigenvalue weighted by molar-refractivity contribution is 5.67. The summed E-state index contributed by atoms with van der Waals surface area (Å²) in [5.74, 6) is -1.34. The SMILES string of the molecule is CC[C@](C)(OC(C)=O)[C@@H]1C[C@@H]2[C@@H](O)c3c(cc(-c4cccnc4)oc3=O)O[C@@]2(C)[C@H](OC(C)=O)C1. The van der Waals surface area contributed by atoms with Gasteiger partial charge in [0, 0.05) is 49.7 Å². The van der Waals surface area contributed by atoms with E-state index in [0.29, 0.717) is 24.8 Å². The molecule has 0 aromatic carbocycles. The number of pyridine rings is 1. The largest absolute Gasteiger partial charge is 0.482 e. The molecule has 6 atom stereocenters. The van der Waals surface area contributed by atoms with Crippen LogP contribution in [0.1, 0.15) is 65.5 Å². The lowest BCUT2D eigenvalue weighted by Crippen LogP contribution is -2.62. The Morgan fingerprint density at radius 3 is 2.63 bits per heavy atom. The van der Waals surface area contributed by atoms with E-state index in [2.05, 4.69) is 4.98 Å². The van der Waals surface area contributed by atoms with Crippen molar-refractivity contribution in [1.29, 1.82) is 0 Å². The molecule has 2 aliphatic rings. The molecule has 0 bridgehead atoms. The summed E-state index contributed by atoms with van der Waals surface area (Å²) < 4.78 is 23.3. The number of aliphatic hydroxyl groups is 1. The van der Waals surface area contributed by atoms with Crippen LogP contribution < -0.4 is 10.4 Å². The predicted octanol–water partition coefficient (Wildman–Crippen LogP) is 3.58. The highest BCUT2D eigenvalue weighted by Gasteiger charge is 2.60. The Kier molecular flexibility index (Phi) is 6.48. The molecule has 9 heteroatoms. The molecule has 1 N–H and O–H groups in total. The topological polar surface area (TPSA) is 125 Å². The molecule has 3 heterocycles. The number of fused-ring (bicyclic) bond motifs is 2. The molecular formula is C26H31NO8. The number of hydrogen-bond donors (Lipinski definition) is 1. The van der Waals surface area contributed by atoms with Gasteiger partial charge < -0.3 is 23.7 Å². The second-order valence-corrected chi connectivity index (χ2v) is 9.78. The number of aliphatic hydroxyl groups excluding tert-OH is 1. The van der Waals surface area contributed by atoms with Crippen LogP contribution in [0.25, 0.3) is 11.3 Å². The number of esters is 2. The highest BCUT2D eigenvalue weighted by atomic mass is 16.6. The van der Waals surface area contributed by atoms with Crippen molar-refractivity contribution in [3.63, 3.8) is 0 Å². The first-order chi connectivity index (χ1) is 16.5. The van der Waals surface area contributed by atoms with Crippen LogP contribution in [-0.4, -0.2) is 39.3 Å². The molecule has 188 valence electrons. The molecular weight excluding hydrogens is 454 g/mol. The Bertz CT molecular complexity index is 1180. The average Bonchev–Trinajstić information content (AvgIpc) is 2.79. The van der Waals surface area contributed by atoms with Crippen molar-refractivity contribution in [3.05, 3.63) is 46.6 Å². The van der Waals surface area contributed by atoms with Crippen LogP contribution in [0.2, 0.25) is 0 Å². The quantitative estimate of drug-likeness (QED) is 0.633. The van der Waals surface area contributed by atoms with Gasteiger partial charge in [0.1, 0.15) is 34.4 Å². The lowest BCUT2D eigenvalue weighted by Gasteiger charge is -2.54. The standard InChI is InChI=1S/C26H31NO8/c1-6-25(4,34-15(3)29)17-10-18-23(30)22-20(35-26(18,5)21(11-17)32-14(2)28)12-19(33-24(22)31)16-8-7-9-27-13-16/h7-9,12-13,17-18,21,23,30H,6,10-11H2,1-5H3/t17-,18-,21-,23-,25+,26-/m1/s1. The first-order valence-corrected chi connectivity index (χ1v) is 11.8. The molecule has 1 fully saturated rings. The highest BCUT2D eigenvalue weighted by Crippen LogP contribution is 2.54. The second kappa shape index (κ2) is 9.11. The third-order valence-corrected chi connectivity index (χ3v) is 7.57. The second-order valence-electron chi connectivity index (χ2n) is 9.78. The number of carbonyl (C=O) groups excluding carboxylic acids is 2. The summed E-state index contributed by atoms with van der Waals surface area (Å²) in [7, 11) is 0. The van der Waals surface area contributed by atoms with E-state index < -0.39 is 46.9 Å². The van der Waals surface area contributed by atoms with Crippen LogP contribution in [0.15, 0.2) is 39.8 Å². The minimum Gasteiger partial charge on any atom is -0.482 e. The van der Waals surface area contributed by atoms with Crippen LogP contribution in [0.3, 0.4) is 0 Å². The van der Waals surface area contributed by atoms with Crippen molar-refractivity contribution >= 4 is 11.9 Å². The number of aromatic nitrogens is 1. The van der Waals surface area contributed by atoms with Gasteiger partial charge in [-0.1, -0.05) is 6.92 Å². The number of rotatable bonds is 5. The summed E-state index contributed by atoms with van der Waals surface area (Å²) in [5, 5.41) is 11.5. The minimum atomic E-state index is -1.23. The van der Waals surface area contributed by atoms with Crippen LogP contribution >= 0.6 is 0 Å². The molecule has 4 rings (SSSR count). The molecule has 2 aromatic rings. The zero-order valence-corrected chi connectivity index (χ0v) is 20.6. The fourth-order valence-corrected chi connectivity index (χ4v) is 5.51. The third kappa shape index (κ3) is 4.45. The Morgan fingerprint density at radius 2 is 2.03 bits per heavy atom. The van der Waals surface area contributed by atoms with Gasteiger partial charge in [0.2, 0.25) is 0 Å². The normalized spacial score (nSPS) is 29.1. The number of hydrogen-bond acceptors (Lipinski definition) is 9. The van der Waals surface area contributed by atoms with Gasteiger partial charge in [-0.3, -0.25) is 14.6 Å². The van der Waals surface area contributed by atoms with Crippen molar-refractivity contribution in [1.82, 2.24) is 4.98 Å². The van der Waals surface area contributed by atoms with Gasteiger partial charge in [-0.2, -0.15) is 0 Å². The van der Waals surface area contributed by atoms with Crippen molar-refractivity contribution in [2.75, 3.05) is 0 Å². The summed E-state index contributed by atoms with van der Waals surface area (Å²) >= 11 is 0. The van der Waals surface area contributed by atoms with Gasteiger partial charge in [-0.15, -0.1) is 0 Å². The Labute approximate surface area is 203 Å². The summed E-state index contributed by atoms with van der Waals surface area (Å²) in [6.07, 6.45) is 2.46. The molecule has 1 saturated carbocycles. The Balaban J connectivity index is 1.79. The smallest absolute Gasteiger partial charge is 0.345 e. The maximum atomic E-state index is 13.0. The average molecular weight is 486 g/mol. The monoisotopic (exact) mass is 485 g/mol. The van der Waals surface area contributed by atoms with Gasteiger partial charge in [-0.25, -0.2) is 4.79 Å². The minimum absolute atomic E-state index is 0.0213. The van der Waals surface area contributed by atoms with E-state index in [-0.39, 0.29) is 23.0 Å². The van der Waals surface area contributed by atoms with Crippen molar-refractivity contribution in [3.8, 4) is 17.1 Å². The van der Waals surface area contributed by atoms with Crippen LogP contribution in [0.5, 0.6) is 5.75 Å². The molecule has 35 heavy (non-hydrogen) atoms. The number of nitrogens with zero attached hydrogens (tertiary/aromatic N) is 1. The molecule has 0 spiro atoms. The molecule has 0 amide bonds. The summed E-state index contributed by atoms with van der Waals surface area (Å²) in [6.45, 7) is 8.20.